The summed E-state index contributed by atoms with van der Waals surface area (Å²) in [5.74, 6) is 0.752. The predicted octanol–water partition coefficient (Wildman–Crippen LogP) is 10.2. The van der Waals surface area contributed by atoms with E-state index in [2.05, 4.69) is 115 Å². The quantitative estimate of drug-likeness (QED) is 0.219. The fourth-order valence-electron chi connectivity index (χ4n) is 5.63. The summed E-state index contributed by atoms with van der Waals surface area (Å²) in [5, 5.41) is 6.25. The topological polar surface area (TPSA) is 25.8 Å². The largest absolute Gasteiger partial charge is 0.226 e. The van der Waals surface area contributed by atoms with Crippen LogP contribution in [-0.2, 0) is 0 Å². The Kier molecular flexibility index (Phi) is 5.04. The molecule has 3 heteroatoms. The van der Waals surface area contributed by atoms with E-state index in [9.17, 15) is 0 Å². The monoisotopic (exact) mass is 514 g/mol. The van der Waals surface area contributed by atoms with Crippen molar-refractivity contribution < 1.29 is 0 Å². The fraction of sp³-hybridized carbons (Fsp3) is 0. The standard InChI is InChI=1S/C36H22N2S/c1-3-11-23(12-4-1)24-19-21-25(22-20-24)32-35-33(38-36(37-32)26-13-5-2-6-14-26)31-29-17-9-7-15-27(29)28-16-8-10-18-30(28)34(31)39-35/h1-22H. The maximum atomic E-state index is 5.24. The van der Waals surface area contributed by atoms with Crippen LogP contribution in [0.4, 0.5) is 0 Å². The van der Waals surface area contributed by atoms with Gasteiger partial charge in [-0.15, -0.1) is 11.3 Å². The third kappa shape index (κ3) is 3.55. The summed E-state index contributed by atoms with van der Waals surface area (Å²) in [6.45, 7) is 0. The molecule has 2 aromatic heterocycles. The first-order chi connectivity index (χ1) is 19.3. The minimum atomic E-state index is 0.752. The molecule has 182 valence electrons. The highest BCUT2D eigenvalue weighted by molar-refractivity contribution is 7.27. The Morgan fingerprint density at radius 2 is 0.897 bits per heavy atom. The van der Waals surface area contributed by atoms with E-state index in [0.29, 0.717) is 0 Å². The fourth-order valence-corrected chi connectivity index (χ4v) is 6.94. The highest BCUT2D eigenvalue weighted by Gasteiger charge is 2.20. The van der Waals surface area contributed by atoms with Crippen molar-refractivity contribution in [2.24, 2.45) is 0 Å². The number of fused-ring (bicyclic) bond motifs is 8. The van der Waals surface area contributed by atoms with Gasteiger partial charge >= 0.3 is 0 Å². The summed E-state index contributed by atoms with van der Waals surface area (Å²) in [7, 11) is 0. The van der Waals surface area contributed by atoms with Crippen molar-refractivity contribution in [3.8, 4) is 33.8 Å². The van der Waals surface area contributed by atoms with E-state index in [1.54, 1.807) is 11.3 Å². The lowest BCUT2D eigenvalue weighted by molar-refractivity contribution is 1.24. The predicted molar refractivity (Wildman–Crippen MR) is 166 cm³/mol. The van der Waals surface area contributed by atoms with Gasteiger partial charge in [0.1, 0.15) is 0 Å². The third-order valence-corrected chi connectivity index (χ3v) is 8.71. The van der Waals surface area contributed by atoms with Gasteiger partial charge in [0, 0.05) is 26.6 Å². The van der Waals surface area contributed by atoms with Crippen LogP contribution in [-0.4, -0.2) is 9.97 Å². The second-order valence-electron chi connectivity index (χ2n) is 9.78. The van der Waals surface area contributed by atoms with E-state index in [1.807, 2.05) is 18.2 Å². The normalized spacial score (nSPS) is 11.6. The van der Waals surface area contributed by atoms with E-state index in [0.717, 1.165) is 32.9 Å². The van der Waals surface area contributed by atoms with Gasteiger partial charge < -0.3 is 0 Å². The Labute approximate surface area is 229 Å². The van der Waals surface area contributed by atoms with Crippen molar-refractivity contribution in [1.82, 2.24) is 9.97 Å². The zero-order valence-corrected chi connectivity index (χ0v) is 21.8. The molecule has 0 fully saturated rings. The van der Waals surface area contributed by atoms with Gasteiger partial charge in [0.25, 0.3) is 0 Å². The molecule has 8 rings (SSSR count). The lowest BCUT2D eigenvalue weighted by Gasteiger charge is -2.09. The molecule has 2 nitrogen and oxygen atoms in total. The second kappa shape index (κ2) is 8.87. The summed E-state index contributed by atoms with van der Waals surface area (Å²) < 4.78 is 2.39. The summed E-state index contributed by atoms with van der Waals surface area (Å²) in [6, 6.07) is 47.0. The van der Waals surface area contributed by atoms with Gasteiger partial charge in [0.05, 0.1) is 15.9 Å². The van der Waals surface area contributed by atoms with E-state index in [-0.39, 0.29) is 0 Å². The van der Waals surface area contributed by atoms with Crippen molar-refractivity contribution in [3.63, 3.8) is 0 Å². The molecule has 0 amide bonds. The molecule has 0 unspecified atom stereocenters. The van der Waals surface area contributed by atoms with Gasteiger partial charge in [-0.25, -0.2) is 9.97 Å². The number of aromatic nitrogens is 2. The van der Waals surface area contributed by atoms with Crippen molar-refractivity contribution in [2.45, 2.75) is 0 Å². The van der Waals surface area contributed by atoms with Crippen molar-refractivity contribution in [2.75, 3.05) is 0 Å². The van der Waals surface area contributed by atoms with Crippen molar-refractivity contribution >= 4 is 53.2 Å². The van der Waals surface area contributed by atoms with E-state index < -0.39 is 0 Å². The van der Waals surface area contributed by atoms with Gasteiger partial charge in [0.2, 0.25) is 0 Å². The van der Waals surface area contributed by atoms with Gasteiger partial charge in [-0.3, -0.25) is 0 Å². The van der Waals surface area contributed by atoms with Crippen LogP contribution < -0.4 is 0 Å². The first-order valence-corrected chi connectivity index (χ1v) is 13.9. The Balaban J connectivity index is 1.48. The number of thiophene rings is 1. The van der Waals surface area contributed by atoms with Gasteiger partial charge in [-0.2, -0.15) is 0 Å². The number of hydrogen-bond donors (Lipinski definition) is 0. The smallest absolute Gasteiger partial charge is 0.160 e. The van der Waals surface area contributed by atoms with Crippen LogP contribution in [0.2, 0.25) is 0 Å². The Bertz CT molecular complexity index is 2150. The molecule has 0 atom stereocenters. The molecule has 0 N–H and O–H groups in total. The number of hydrogen-bond acceptors (Lipinski definition) is 3. The van der Waals surface area contributed by atoms with Crippen LogP contribution in [0.1, 0.15) is 0 Å². The number of benzene rings is 6. The van der Waals surface area contributed by atoms with Crippen LogP contribution in [0.5, 0.6) is 0 Å². The van der Waals surface area contributed by atoms with Crippen molar-refractivity contribution in [1.29, 1.82) is 0 Å². The minimum Gasteiger partial charge on any atom is -0.226 e. The molecule has 2 heterocycles. The van der Waals surface area contributed by atoms with E-state index in [4.69, 9.17) is 9.97 Å². The highest BCUT2D eigenvalue weighted by Crippen LogP contribution is 2.46. The van der Waals surface area contributed by atoms with E-state index in [1.165, 1.54) is 42.8 Å². The molecule has 0 saturated carbocycles. The van der Waals surface area contributed by atoms with Crippen LogP contribution in [0.3, 0.4) is 0 Å². The zero-order chi connectivity index (χ0) is 25.8. The molecule has 39 heavy (non-hydrogen) atoms. The lowest BCUT2D eigenvalue weighted by atomic mass is 9.98. The molecule has 0 aliphatic heterocycles. The Hall–Kier alpha value is -4.86. The molecule has 8 aromatic rings. The molecule has 0 saturated heterocycles. The summed E-state index contributed by atoms with van der Waals surface area (Å²) in [6.07, 6.45) is 0. The second-order valence-corrected chi connectivity index (χ2v) is 10.8. The molecule has 0 bridgehead atoms. The molecular weight excluding hydrogens is 492 g/mol. The van der Waals surface area contributed by atoms with Gasteiger partial charge in [0.15, 0.2) is 5.82 Å². The Morgan fingerprint density at radius 1 is 0.385 bits per heavy atom. The average Bonchev–Trinajstić information content (AvgIpc) is 3.42. The van der Waals surface area contributed by atoms with Gasteiger partial charge in [-0.05, 0) is 27.3 Å². The minimum absolute atomic E-state index is 0.752. The molecule has 6 aromatic carbocycles. The zero-order valence-electron chi connectivity index (χ0n) is 21.0. The summed E-state index contributed by atoms with van der Waals surface area (Å²) in [5.41, 5.74) is 6.52. The SMILES string of the molecule is c1ccc(-c2ccc(-c3nc(-c4ccccc4)nc4c3sc3c5ccccc5c5ccccc5c43)cc2)cc1. The van der Waals surface area contributed by atoms with Crippen LogP contribution in [0.15, 0.2) is 133 Å². The third-order valence-electron chi connectivity index (χ3n) is 7.49. The number of nitrogens with zero attached hydrogens (tertiary/aromatic N) is 2. The Morgan fingerprint density at radius 3 is 1.59 bits per heavy atom. The maximum Gasteiger partial charge on any atom is 0.160 e. The molecule has 0 aliphatic carbocycles. The molecule has 0 radical (unpaired) electrons. The highest BCUT2D eigenvalue weighted by atomic mass is 32.1. The molecular formula is C36H22N2S. The summed E-state index contributed by atoms with van der Waals surface area (Å²) >= 11 is 1.81. The van der Waals surface area contributed by atoms with E-state index >= 15 is 0 Å². The van der Waals surface area contributed by atoms with Crippen LogP contribution in [0.25, 0.3) is 75.6 Å². The molecule has 0 spiro atoms. The van der Waals surface area contributed by atoms with Crippen molar-refractivity contribution in [3.05, 3.63) is 133 Å². The number of rotatable bonds is 3. The van der Waals surface area contributed by atoms with Gasteiger partial charge in [-0.1, -0.05) is 133 Å². The first kappa shape index (κ1) is 22.2. The lowest BCUT2D eigenvalue weighted by Crippen LogP contribution is -1.93. The van der Waals surface area contributed by atoms with Crippen LogP contribution in [0, 0.1) is 0 Å². The maximum absolute atomic E-state index is 5.24. The van der Waals surface area contributed by atoms with Crippen LogP contribution >= 0.6 is 11.3 Å². The summed E-state index contributed by atoms with van der Waals surface area (Å²) in [4.78, 5) is 10.4. The average molecular weight is 515 g/mol. The molecule has 0 aliphatic rings. The first-order valence-electron chi connectivity index (χ1n) is 13.1.